The van der Waals surface area contributed by atoms with E-state index >= 15 is 0 Å². The zero-order valence-electron chi connectivity index (χ0n) is 12.6. The molecule has 0 aliphatic carbocycles. The SMILES string of the molecule is Cc1ccc(C(CN)N2CCOCC2(C)C)c(C)c1. The Morgan fingerprint density at radius 2 is 2.11 bits per heavy atom. The van der Waals surface area contributed by atoms with Gasteiger partial charge < -0.3 is 10.5 Å². The van der Waals surface area contributed by atoms with E-state index in [-0.39, 0.29) is 11.6 Å². The van der Waals surface area contributed by atoms with Crippen LogP contribution < -0.4 is 5.73 Å². The Morgan fingerprint density at radius 3 is 2.68 bits per heavy atom. The number of hydrogen-bond donors (Lipinski definition) is 1. The molecule has 1 fully saturated rings. The van der Waals surface area contributed by atoms with Crippen LogP contribution in [0.4, 0.5) is 0 Å². The Balaban J connectivity index is 2.33. The lowest BCUT2D eigenvalue weighted by atomic mass is 9.92. The molecule has 0 spiro atoms. The van der Waals surface area contributed by atoms with Crippen molar-refractivity contribution in [2.45, 2.75) is 39.3 Å². The van der Waals surface area contributed by atoms with Gasteiger partial charge in [-0.3, -0.25) is 4.90 Å². The van der Waals surface area contributed by atoms with Gasteiger partial charge in [0, 0.05) is 24.7 Å². The Kier molecular flexibility index (Phi) is 4.29. The number of ether oxygens (including phenoxy) is 1. The summed E-state index contributed by atoms with van der Waals surface area (Å²) in [5.74, 6) is 0. The van der Waals surface area contributed by atoms with Crippen molar-refractivity contribution in [1.82, 2.24) is 4.90 Å². The van der Waals surface area contributed by atoms with Crippen molar-refractivity contribution in [2.24, 2.45) is 5.73 Å². The Morgan fingerprint density at radius 1 is 1.37 bits per heavy atom. The van der Waals surface area contributed by atoms with Crippen LogP contribution in [0.5, 0.6) is 0 Å². The van der Waals surface area contributed by atoms with E-state index in [1.165, 1.54) is 16.7 Å². The monoisotopic (exact) mass is 262 g/mol. The second kappa shape index (κ2) is 5.61. The molecular formula is C16H26N2O. The maximum Gasteiger partial charge on any atom is 0.0645 e. The number of rotatable bonds is 3. The molecule has 1 aromatic carbocycles. The van der Waals surface area contributed by atoms with Crippen LogP contribution in [0.1, 0.15) is 36.6 Å². The van der Waals surface area contributed by atoms with E-state index in [4.69, 9.17) is 10.5 Å². The Bertz CT molecular complexity index is 442. The van der Waals surface area contributed by atoms with Gasteiger partial charge in [0.25, 0.3) is 0 Å². The van der Waals surface area contributed by atoms with E-state index in [9.17, 15) is 0 Å². The summed E-state index contributed by atoms with van der Waals surface area (Å²) in [5.41, 5.74) is 10.1. The van der Waals surface area contributed by atoms with Crippen LogP contribution in [0.25, 0.3) is 0 Å². The molecule has 0 amide bonds. The van der Waals surface area contributed by atoms with Crippen molar-refractivity contribution in [3.8, 4) is 0 Å². The minimum absolute atomic E-state index is 0.0413. The third kappa shape index (κ3) is 2.99. The summed E-state index contributed by atoms with van der Waals surface area (Å²) in [6, 6.07) is 6.93. The van der Waals surface area contributed by atoms with Gasteiger partial charge in [-0.15, -0.1) is 0 Å². The molecule has 106 valence electrons. The maximum absolute atomic E-state index is 6.08. The van der Waals surface area contributed by atoms with Crippen LogP contribution in [0.2, 0.25) is 0 Å². The van der Waals surface area contributed by atoms with E-state index in [0.717, 1.165) is 19.8 Å². The predicted molar refractivity (Wildman–Crippen MR) is 79.3 cm³/mol. The van der Waals surface area contributed by atoms with Crippen molar-refractivity contribution in [1.29, 1.82) is 0 Å². The van der Waals surface area contributed by atoms with E-state index in [1.807, 2.05) is 0 Å². The highest BCUT2D eigenvalue weighted by atomic mass is 16.5. The fourth-order valence-corrected chi connectivity index (χ4v) is 3.07. The zero-order valence-corrected chi connectivity index (χ0v) is 12.6. The summed E-state index contributed by atoms with van der Waals surface area (Å²) in [6.07, 6.45) is 0. The molecule has 1 saturated heterocycles. The average molecular weight is 262 g/mol. The van der Waals surface area contributed by atoms with Crippen molar-refractivity contribution >= 4 is 0 Å². The molecule has 0 saturated carbocycles. The molecule has 1 heterocycles. The van der Waals surface area contributed by atoms with Crippen LogP contribution >= 0.6 is 0 Å². The molecule has 2 rings (SSSR count). The van der Waals surface area contributed by atoms with Gasteiger partial charge >= 0.3 is 0 Å². The lowest BCUT2D eigenvalue weighted by Crippen LogP contribution is -2.55. The fraction of sp³-hybridized carbons (Fsp3) is 0.625. The first kappa shape index (κ1) is 14.5. The van der Waals surface area contributed by atoms with Crippen LogP contribution in [0.3, 0.4) is 0 Å². The van der Waals surface area contributed by atoms with Crippen LogP contribution in [0, 0.1) is 13.8 Å². The second-order valence-electron chi connectivity index (χ2n) is 6.17. The van der Waals surface area contributed by atoms with Gasteiger partial charge in [0.15, 0.2) is 0 Å². The minimum atomic E-state index is 0.0413. The van der Waals surface area contributed by atoms with Gasteiger partial charge in [0.2, 0.25) is 0 Å². The Hall–Kier alpha value is -0.900. The molecule has 1 aliphatic rings. The van der Waals surface area contributed by atoms with E-state index in [1.54, 1.807) is 0 Å². The first-order valence-electron chi connectivity index (χ1n) is 7.07. The predicted octanol–water partition coefficient (Wildman–Crippen LogP) is 2.41. The van der Waals surface area contributed by atoms with E-state index in [0.29, 0.717) is 6.54 Å². The number of morpholine rings is 1. The topological polar surface area (TPSA) is 38.5 Å². The molecule has 3 nitrogen and oxygen atoms in total. The molecule has 1 aliphatic heterocycles. The normalized spacial score (nSPS) is 21.3. The average Bonchev–Trinajstić information content (AvgIpc) is 2.34. The molecule has 0 aromatic heterocycles. The lowest BCUT2D eigenvalue weighted by molar-refractivity contribution is -0.0713. The summed E-state index contributed by atoms with van der Waals surface area (Å²) < 4.78 is 5.61. The van der Waals surface area contributed by atoms with E-state index < -0.39 is 0 Å². The summed E-state index contributed by atoms with van der Waals surface area (Å²) in [5, 5.41) is 0. The molecule has 1 unspecified atom stereocenters. The molecule has 0 radical (unpaired) electrons. The quantitative estimate of drug-likeness (QED) is 0.909. The third-order valence-electron chi connectivity index (χ3n) is 4.09. The van der Waals surface area contributed by atoms with Gasteiger partial charge in [-0.25, -0.2) is 0 Å². The number of benzene rings is 1. The highest BCUT2D eigenvalue weighted by Gasteiger charge is 2.35. The molecular weight excluding hydrogens is 236 g/mol. The van der Waals surface area contributed by atoms with Gasteiger partial charge in [0.1, 0.15) is 0 Å². The molecule has 2 N–H and O–H groups in total. The molecule has 1 atom stereocenters. The first-order chi connectivity index (χ1) is 8.95. The highest BCUT2D eigenvalue weighted by Crippen LogP contribution is 2.31. The van der Waals surface area contributed by atoms with Gasteiger partial charge in [-0.1, -0.05) is 23.8 Å². The summed E-state index contributed by atoms with van der Waals surface area (Å²) in [4.78, 5) is 2.49. The summed E-state index contributed by atoms with van der Waals surface area (Å²) in [7, 11) is 0. The molecule has 0 bridgehead atoms. The third-order valence-corrected chi connectivity index (χ3v) is 4.09. The first-order valence-corrected chi connectivity index (χ1v) is 7.07. The fourth-order valence-electron chi connectivity index (χ4n) is 3.07. The maximum atomic E-state index is 6.08. The second-order valence-corrected chi connectivity index (χ2v) is 6.17. The highest BCUT2D eigenvalue weighted by molar-refractivity contribution is 5.33. The smallest absolute Gasteiger partial charge is 0.0645 e. The standard InChI is InChI=1S/C16H26N2O/c1-12-5-6-14(13(2)9-12)15(10-17)18-7-8-19-11-16(18,3)4/h5-6,9,15H,7-8,10-11,17H2,1-4H3. The minimum Gasteiger partial charge on any atom is -0.378 e. The van der Waals surface area contributed by atoms with Crippen molar-refractivity contribution in [3.05, 3.63) is 34.9 Å². The largest absolute Gasteiger partial charge is 0.378 e. The summed E-state index contributed by atoms with van der Waals surface area (Å²) >= 11 is 0. The Labute approximate surface area is 116 Å². The van der Waals surface area contributed by atoms with Crippen LogP contribution in [-0.4, -0.2) is 36.7 Å². The number of nitrogens with two attached hydrogens (primary N) is 1. The van der Waals surface area contributed by atoms with Gasteiger partial charge in [0.05, 0.1) is 13.2 Å². The van der Waals surface area contributed by atoms with Crippen molar-refractivity contribution in [2.75, 3.05) is 26.3 Å². The number of nitrogens with zero attached hydrogens (tertiary/aromatic N) is 1. The van der Waals surface area contributed by atoms with Crippen LogP contribution in [-0.2, 0) is 4.74 Å². The van der Waals surface area contributed by atoms with Crippen LogP contribution in [0.15, 0.2) is 18.2 Å². The number of aryl methyl sites for hydroxylation is 2. The van der Waals surface area contributed by atoms with Crippen molar-refractivity contribution < 1.29 is 4.74 Å². The number of hydrogen-bond acceptors (Lipinski definition) is 3. The molecule has 19 heavy (non-hydrogen) atoms. The van der Waals surface area contributed by atoms with E-state index in [2.05, 4.69) is 50.8 Å². The summed E-state index contributed by atoms with van der Waals surface area (Å²) in [6.45, 7) is 11.9. The molecule has 1 aromatic rings. The van der Waals surface area contributed by atoms with Crippen molar-refractivity contribution in [3.63, 3.8) is 0 Å². The van der Waals surface area contributed by atoms with Gasteiger partial charge in [-0.05, 0) is 38.8 Å². The lowest BCUT2D eigenvalue weighted by Gasteiger charge is -2.46. The zero-order chi connectivity index (χ0) is 14.0. The van der Waals surface area contributed by atoms with Gasteiger partial charge in [-0.2, -0.15) is 0 Å². The molecule has 3 heteroatoms.